The van der Waals surface area contributed by atoms with Crippen LogP contribution in [0.1, 0.15) is 34.7 Å². The summed E-state index contributed by atoms with van der Waals surface area (Å²) in [7, 11) is 0. The summed E-state index contributed by atoms with van der Waals surface area (Å²) in [6.45, 7) is 5.42. The van der Waals surface area contributed by atoms with E-state index in [2.05, 4.69) is 31.3 Å². The van der Waals surface area contributed by atoms with Gasteiger partial charge in [-0.3, -0.25) is 0 Å². The average molecular weight is 285 g/mol. The minimum absolute atomic E-state index is 0.155. The van der Waals surface area contributed by atoms with Crippen LogP contribution in [0, 0.1) is 19.7 Å². The predicted octanol–water partition coefficient (Wildman–Crippen LogP) is 4.06. The van der Waals surface area contributed by atoms with Crippen molar-refractivity contribution < 1.29 is 9.13 Å². The molecule has 0 bridgehead atoms. The van der Waals surface area contributed by atoms with Crippen molar-refractivity contribution in [1.82, 2.24) is 5.32 Å². The van der Waals surface area contributed by atoms with Gasteiger partial charge in [-0.1, -0.05) is 24.3 Å². The van der Waals surface area contributed by atoms with E-state index >= 15 is 0 Å². The number of fused-ring (bicyclic) bond motifs is 1. The molecule has 0 amide bonds. The summed E-state index contributed by atoms with van der Waals surface area (Å²) in [5.41, 5.74) is 4.36. The first kappa shape index (κ1) is 14.1. The van der Waals surface area contributed by atoms with Crippen LogP contribution in [-0.2, 0) is 6.54 Å². The Balaban J connectivity index is 1.81. The van der Waals surface area contributed by atoms with Gasteiger partial charge in [0.2, 0.25) is 0 Å². The maximum absolute atomic E-state index is 13.7. The minimum atomic E-state index is -0.155. The molecule has 0 saturated heterocycles. The van der Waals surface area contributed by atoms with Crippen molar-refractivity contribution in [1.29, 1.82) is 0 Å². The lowest BCUT2D eigenvalue weighted by Gasteiger charge is -2.29. The molecule has 1 atom stereocenters. The molecule has 2 nitrogen and oxygen atoms in total. The fourth-order valence-electron chi connectivity index (χ4n) is 3.02. The maximum atomic E-state index is 13.7. The van der Waals surface area contributed by atoms with E-state index < -0.39 is 0 Å². The summed E-state index contributed by atoms with van der Waals surface area (Å²) in [6.07, 6.45) is 0.908. The number of hydrogen-bond acceptors (Lipinski definition) is 2. The molecule has 110 valence electrons. The quantitative estimate of drug-likeness (QED) is 0.918. The molecule has 3 rings (SSSR count). The SMILES string of the molecule is Cc1cc(C)c2c(c1)OCCC2NCc1ccccc1F. The molecule has 1 aliphatic rings. The van der Waals surface area contributed by atoms with E-state index in [0.29, 0.717) is 18.7 Å². The fourth-order valence-corrected chi connectivity index (χ4v) is 3.02. The first-order valence-electron chi connectivity index (χ1n) is 7.36. The molecule has 0 aromatic heterocycles. The molecule has 3 heteroatoms. The van der Waals surface area contributed by atoms with Crippen LogP contribution in [0.4, 0.5) is 4.39 Å². The van der Waals surface area contributed by atoms with E-state index in [-0.39, 0.29) is 11.9 Å². The number of halogens is 1. The molecule has 1 aliphatic heterocycles. The van der Waals surface area contributed by atoms with E-state index in [9.17, 15) is 4.39 Å². The number of nitrogens with one attached hydrogen (secondary N) is 1. The topological polar surface area (TPSA) is 21.3 Å². The zero-order valence-electron chi connectivity index (χ0n) is 12.4. The van der Waals surface area contributed by atoms with Crippen LogP contribution in [0.15, 0.2) is 36.4 Å². The van der Waals surface area contributed by atoms with Crippen LogP contribution in [0.2, 0.25) is 0 Å². The fraction of sp³-hybridized carbons (Fsp3) is 0.333. The molecule has 0 saturated carbocycles. The maximum Gasteiger partial charge on any atom is 0.127 e. The molecule has 2 aromatic carbocycles. The Bertz CT molecular complexity index is 654. The van der Waals surface area contributed by atoms with Gasteiger partial charge in [-0.25, -0.2) is 4.39 Å². The molecule has 0 aliphatic carbocycles. The van der Waals surface area contributed by atoms with Crippen molar-refractivity contribution in [2.45, 2.75) is 32.9 Å². The van der Waals surface area contributed by atoms with Gasteiger partial charge in [0.25, 0.3) is 0 Å². The van der Waals surface area contributed by atoms with Crippen molar-refractivity contribution in [2.75, 3.05) is 6.61 Å². The second-order valence-corrected chi connectivity index (χ2v) is 5.66. The molecular weight excluding hydrogens is 265 g/mol. The number of hydrogen-bond donors (Lipinski definition) is 1. The van der Waals surface area contributed by atoms with Crippen LogP contribution >= 0.6 is 0 Å². The molecule has 0 spiro atoms. The molecule has 0 fully saturated rings. The van der Waals surface area contributed by atoms with E-state index in [1.807, 2.05) is 12.1 Å². The summed E-state index contributed by atoms with van der Waals surface area (Å²) in [6, 6.07) is 11.4. The van der Waals surface area contributed by atoms with Gasteiger partial charge in [-0.2, -0.15) is 0 Å². The predicted molar refractivity (Wildman–Crippen MR) is 82.0 cm³/mol. The number of benzene rings is 2. The van der Waals surface area contributed by atoms with Gasteiger partial charge in [0, 0.05) is 30.1 Å². The van der Waals surface area contributed by atoms with Crippen molar-refractivity contribution in [3.05, 3.63) is 64.5 Å². The Kier molecular flexibility index (Phi) is 3.93. The van der Waals surface area contributed by atoms with E-state index in [0.717, 1.165) is 12.2 Å². The minimum Gasteiger partial charge on any atom is -0.493 e. The van der Waals surface area contributed by atoms with Gasteiger partial charge in [0.05, 0.1) is 6.61 Å². The van der Waals surface area contributed by atoms with Crippen LogP contribution in [0.5, 0.6) is 5.75 Å². The highest BCUT2D eigenvalue weighted by Crippen LogP contribution is 2.35. The summed E-state index contributed by atoms with van der Waals surface area (Å²) in [5.74, 6) is 0.808. The monoisotopic (exact) mass is 285 g/mol. The van der Waals surface area contributed by atoms with Crippen molar-refractivity contribution in [2.24, 2.45) is 0 Å². The van der Waals surface area contributed by atoms with Gasteiger partial charge < -0.3 is 10.1 Å². The van der Waals surface area contributed by atoms with Crippen molar-refractivity contribution in [3.63, 3.8) is 0 Å². The van der Waals surface area contributed by atoms with Crippen LogP contribution in [0.25, 0.3) is 0 Å². The van der Waals surface area contributed by atoms with Crippen molar-refractivity contribution in [3.8, 4) is 5.75 Å². The summed E-state index contributed by atoms with van der Waals surface area (Å²) < 4.78 is 19.5. The smallest absolute Gasteiger partial charge is 0.127 e. The van der Waals surface area contributed by atoms with Crippen LogP contribution in [0.3, 0.4) is 0 Å². The van der Waals surface area contributed by atoms with E-state index in [1.54, 1.807) is 6.07 Å². The molecule has 0 radical (unpaired) electrons. The van der Waals surface area contributed by atoms with E-state index in [1.165, 1.54) is 22.8 Å². The van der Waals surface area contributed by atoms with Crippen LogP contribution in [-0.4, -0.2) is 6.61 Å². The van der Waals surface area contributed by atoms with Gasteiger partial charge >= 0.3 is 0 Å². The lowest BCUT2D eigenvalue weighted by atomic mass is 9.94. The molecule has 21 heavy (non-hydrogen) atoms. The number of aryl methyl sites for hydroxylation is 2. The molecule has 2 aromatic rings. The lowest BCUT2D eigenvalue weighted by Crippen LogP contribution is -2.28. The number of rotatable bonds is 3. The van der Waals surface area contributed by atoms with Crippen LogP contribution < -0.4 is 10.1 Å². The van der Waals surface area contributed by atoms with Gasteiger partial charge in [-0.05, 0) is 37.1 Å². The third-order valence-electron chi connectivity index (χ3n) is 4.00. The third-order valence-corrected chi connectivity index (χ3v) is 4.00. The first-order valence-corrected chi connectivity index (χ1v) is 7.36. The standard InChI is InChI=1S/C18H20FNO/c1-12-9-13(2)18-16(7-8-21-17(18)10-12)20-11-14-5-3-4-6-15(14)19/h3-6,9-10,16,20H,7-8,11H2,1-2H3. The first-order chi connectivity index (χ1) is 10.1. The molecule has 1 unspecified atom stereocenters. The highest BCUT2D eigenvalue weighted by molar-refractivity contribution is 5.46. The highest BCUT2D eigenvalue weighted by Gasteiger charge is 2.23. The molecule has 1 heterocycles. The Morgan fingerprint density at radius 1 is 1.24 bits per heavy atom. The number of ether oxygens (including phenoxy) is 1. The Hall–Kier alpha value is -1.87. The van der Waals surface area contributed by atoms with Gasteiger partial charge in [-0.15, -0.1) is 0 Å². The Morgan fingerprint density at radius 2 is 2.05 bits per heavy atom. The summed E-state index contributed by atoms with van der Waals surface area (Å²) in [4.78, 5) is 0. The molecular formula is C18H20FNO. The zero-order chi connectivity index (χ0) is 14.8. The average Bonchev–Trinajstić information content (AvgIpc) is 2.45. The van der Waals surface area contributed by atoms with Gasteiger partial charge in [0.15, 0.2) is 0 Å². The van der Waals surface area contributed by atoms with Crippen molar-refractivity contribution >= 4 is 0 Å². The normalized spacial score (nSPS) is 17.2. The molecule has 1 N–H and O–H groups in total. The van der Waals surface area contributed by atoms with E-state index in [4.69, 9.17) is 4.74 Å². The van der Waals surface area contributed by atoms with Gasteiger partial charge in [0.1, 0.15) is 11.6 Å². The summed E-state index contributed by atoms with van der Waals surface area (Å²) >= 11 is 0. The Morgan fingerprint density at radius 3 is 2.86 bits per heavy atom. The largest absolute Gasteiger partial charge is 0.493 e. The lowest BCUT2D eigenvalue weighted by molar-refractivity contribution is 0.251. The highest BCUT2D eigenvalue weighted by atomic mass is 19.1. The second-order valence-electron chi connectivity index (χ2n) is 5.66. The second kappa shape index (κ2) is 5.86. The third kappa shape index (κ3) is 2.93. The Labute approximate surface area is 125 Å². The zero-order valence-corrected chi connectivity index (χ0v) is 12.4. The summed E-state index contributed by atoms with van der Waals surface area (Å²) in [5, 5.41) is 3.48.